The van der Waals surface area contributed by atoms with Gasteiger partial charge in [-0.25, -0.2) is 0 Å². The van der Waals surface area contributed by atoms with E-state index < -0.39 is 0 Å². The molecule has 0 amide bonds. The molecule has 0 atom stereocenters. The van der Waals surface area contributed by atoms with Crippen LogP contribution in [0, 0.1) is 29.6 Å². The summed E-state index contributed by atoms with van der Waals surface area (Å²) in [5.41, 5.74) is 2.18. The van der Waals surface area contributed by atoms with E-state index in [1.54, 1.807) is 30.3 Å². The van der Waals surface area contributed by atoms with Crippen LogP contribution in [0.4, 0.5) is 0 Å². The van der Waals surface area contributed by atoms with E-state index in [9.17, 15) is 15.3 Å². The van der Waals surface area contributed by atoms with Gasteiger partial charge in [0.15, 0.2) is 5.57 Å². The van der Waals surface area contributed by atoms with Crippen LogP contribution in [0.25, 0.3) is 17.3 Å². The number of aromatic nitrogens is 1. The van der Waals surface area contributed by atoms with Gasteiger partial charge in [-0.3, -0.25) is 9.36 Å². The van der Waals surface area contributed by atoms with Crippen molar-refractivity contribution in [3.8, 4) is 23.6 Å². The van der Waals surface area contributed by atoms with Crippen molar-refractivity contribution in [1.29, 1.82) is 10.5 Å². The highest BCUT2D eigenvalue weighted by Crippen LogP contribution is 2.13. The maximum Gasteiger partial charge on any atom is 0.273 e. The Morgan fingerprint density at radius 1 is 1.18 bits per heavy atom. The minimum absolute atomic E-state index is 0.0973. The number of benzene rings is 2. The van der Waals surface area contributed by atoms with Gasteiger partial charge in [-0.15, -0.1) is 11.3 Å². The van der Waals surface area contributed by atoms with Crippen LogP contribution in [0.15, 0.2) is 53.3 Å². The summed E-state index contributed by atoms with van der Waals surface area (Å²) in [6, 6.07) is 18.6. The fourth-order valence-electron chi connectivity index (χ4n) is 2.77. The molecule has 0 aliphatic rings. The summed E-state index contributed by atoms with van der Waals surface area (Å²) < 4.78 is 7.62. The largest absolute Gasteiger partial charge is 0.494 e. The van der Waals surface area contributed by atoms with Crippen LogP contribution in [0.2, 0.25) is 0 Å². The first-order valence-corrected chi connectivity index (χ1v) is 9.47. The summed E-state index contributed by atoms with van der Waals surface area (Å²) in [4.78, 5) is 13.1. The van der Waals surface area contributed by atoms with Crippen molar-refractivity contribution < 1.29 is 4.74 Å². The Hall–Kier alpha value is -3.61. The second-order valence-corrected chi connectivity index (χ2v) is 7.03. The molecule has 0 aliphatic carbocycles. The first-order chi connectivity index (χ1) is 13.6. The third kappa shape index (κ3) is 3.88. The van der Waals surface area contributed by atoms with E-state index in [1.807, 2.05) is 50.3 Å². The number of ether oxygens (including phenoxy) is 1. The second kappa shape index (κ2) is 8.39. The molecule has 0 spiro atoms. The van der Waals surface area contributed by atoms with Crippen molar-refractivity contribution in [3.63, 3.8) is 0 Å². The van der Waals surface area contributed by atoms with Gasteiger partial charge in [0.1, 0.15) is 22.6 Å². The van der Waals surface area contributed by atoms with E-state index in [0.717, 1.165) is 22.5 Å². The number of hydrogen-bond acceptors (Lipinski definition) is 5. The summed E-state index contributed by atoms with van der Waals surface area (Å²) >= 11 is 1.13. The summed E-state index contributed by atoms with van der Waals surface area (Å²) in [5.74, 6) is 0.687. The Morgan fingerprint density at radius 2 is 1.89 bits per heavy atom. The van der Waals surface area contributed by atoms with Crippen LogP contribution >= 0.6 is 11.3 Å². The van der Waals surface area contributed by atoms with Gasteiger partial charge < -0.3 is 4.74 Å². The average molecular weight is 387 g/mol. The van der Waals surface area contributed by atoms with Gasteiger partial charge in [-0.05, 0) is 49.8 Å². The molecule has 1 heterocycles. The fraction of sp³-hybridized carbons (Fsp3) is 0.136. The van der Waals surface area contributed by atoms with E-state index in [1.165, 1.54) is 4.57 Å². The van der Waals surface area contributed by atoms with Gasteiger partial charge >= 0.3 is 0 Å². The lowest BCUT2D eigenvalue weighted by molar-refractivity contribution is 0.340. The van der Waals surface area contributed by atoms with E-state index >= 15 is 0 Å². The molecule has 1 aromatic heterocycles. The van der Waals surface area contributed by atoms with E-state index in [4.69, 9.17) is 4.74 Å². The van der Waals surface area contributed by atoms with Gasteiger partial charge in [0.2, 0.25) is 0 Å². The first-order valence-electron chi connectivity index (χ1n) is 8.65. The third-order valence-electron chi connectivity index (χ3n) is 4.01. The number of nitriles is 2. The van der Waals surface area contributed by atoms with Crippen molar-refractivity contribution in [2.24, 2.45) is 0 Å². The highest BCUT2D eigenvalue weighted by atomic mass is 32.1. The second-order valence-electron chi connectivity index (χ2n) is 6.00. The predicted molar refractivity (Wildman–Crippen MR) is 110 cm³/mol. The average Bonchev–Trinajstić information content (AvgIpc) is 3.00. The highest BCUT2D eigenvalue weighted by Gasteiger charge is 2.11. The Bertz CT molecular complexity index is 1250. The van der Waals surface area contributed by atoms with E-state index in [0.29, 0.717) is 27.2 Å². The topological polar surface area (TPSA) is 78.8 Å². The quantitative estimate of drug-likeness (QED) is 0.689. The standard InChI is InChI=1S/C22H17N3O2S/c1-3-27-19-9-7-18(8-10-19)25-21(26)20(28-22(25)17(13-23)14-24)12-16-6-4-5-15(2)11-16/h4-12H,3H2,1-2H3/b20-12+. The molecular weight excluding hydrogens is 370 g/mol. The summed E-state index contributed by atoms with van der Waals surface area (Å²) in [6.45, 7) is 4.41. The molecule has 0 fully saturated rings. The molecule has 0 bridgehead atoms. The smallest absolute Gasteiger partial charge is 0.273 e. The van der Waals surface area contributed by atoms with Gasteiger partial charge in [-0.1, -0.05) is 29.8 Å². The molecule has 0 radical (unpaired) electrons. The lowest BCUT2D eigenvalue weighted by atomic mass is 10.1. The zero-order valence-corrected chi connectivity index (χ0v) is 16.3. The Morgan fingerprint density at radius 3 is 2.50 bits per heavy atom. The van der Waals surface area contributed by atoms with Gasteiger partial charge in [0, 0.05) is 0 Å². The van der Waals surface area contributed by atoms with Crippen LogP contribution in [0.3, 0.4) is 0 Å². The molecule has 0 unspecified atom stereocenters. The number of aryl methyl sites for hydroxylation is 1. The van der Waals surface area contributed by atoms with E-state index in [-0.39, 0.29) is 11.1 Å². The highest BCUT2D eigenvalue weighted by molar-refractivity contribution is 7.07. The zero-order valence-electron chi connectivity index (χ0n) is 15.5. The summed E-state index contributed by atoms with van der Waals surface area (Å²) in [7, 11) is 0. The van der Waals surface area contributed by atoms with Crippen molar-refractivity contribution >= 4 is 23.0 Å². The minimum Gasteiger partial charge on any atom is -0.494 e. The lowest BCUT2D eigenvalue weighted by Gasteiger charge is -2.05. The number of rotatable bonds is 4. The number of hydrogen-bond donors (Lipinski definition) is 0. The molecule has 0 saturated carbocycles. The lowest BCUT2D eigenvalue weighted by Crippen LogP contribution is -2.30. The zero-order chi connectivity index (χ0) is 20.1. The van der Waals surface area contributed by atoms with Crippen LogP contribution in [-0.4, -0.2) is 11.2 Å². The molecule has 3 aromatic rings. The molecule has 5 nitrogen and oxygen atoms in total. The molecule has 0 aliphatic heterocycles. The first kappa shape index (κ1) is 19.2. The summed E-state index contributed by atoms with van der Waals surface area (Å²) in [5, 5.41) is 18.7. The van der Waals surface area contributed by atoms with Crippen LogP contribution < -0.4 is 19.5 Å². The fourth-order valence-corrected chi connectivity index (χ4v) is 3.83. The molecule has 28 heavy (non-hydrogen) atoms. The maximum absolute atomic E-state index is 13.1. The molecule has 0 N–H and O–H groups in total. The Kier molecular flexibility index (Phi) is 5.74. The molecule has 138 valence electrons. The van der Waals surface area contributed by atoms with Crippen LogP contribution in [-0.2, 0) is 0 Å². The molecule has 0 saturated heterocycles. The molecule has 2 aromatic carbocycles. The number of thiazole rings is 1. The van der Waals surface area contributed by atoms with Crippen molar-refractivity contribution in [2.75, 3.05) is 6.61 Å². The Balaban J connectivity index is 2.29. The van der Waals surface area contributed by atoms with Crippen LogP contribution in [0.1, 0.15) is 18.1 Å². The van der Waals surface area contributed by atoms with Crippen LogP contribution in [0.5, 0.6) is 5.75 Å². The third-order valence-corrected chi connectivity index (χ3v) is 5.10. The number of nitrogens with zero attached hydrogens (tertiary/aromatic N) is 3. The molecular formula is C22H17N3O2S. The summed E-state index contributed by atoms with van der Waals surface area (Å²) in [6.07, 6.45) is 1.78. The predicted octanol–water partition coefficient (Wildman–Crippen LogP) is 2.63. The monoisotopic (exact) mass is 387 g/mol. The SMILES string of the molecule is CCOc1ccc(-n2c(=C(C#N)C#N)s/c(=C/c3cccc(C)c3)c2=O)cc1. The molecule has 6 heteroatoms. The van der Waals surface area contributed by atoms with E-state index in [2.05, 4.69) is 0 Å². The van der Waals surface area contributed by atoms with Crippen molar-refractivity contribution in [1.82, 2.24) is 4.57 Å². The normalized spacial score (nSPS) is 10.9. The van der Waals surface area contributed by atoms with Crippen molar-refractivity contribution in [2.45, 2.75) is 13.8 Å². The van der Waals surface area contributed by atoms with Crippen molar-refractivity contribution in [3.05, 3.63) is 79.2 Å². The minimum atomic E-state index is -0.270. The maximum atomic E-state index is 13.1. The van der Waals surface area contributed by atoms with Gasteiger partial charge in [0.25, 0.3) is 5.56 Å². The Labute approximate surface area is 166 Å². The van der Waals surface area contributed by atoms with Gasteiger partial charge in [0.05, 0.1) is 16.8 Å². The van der Waals surface area contributed by atoms with Gasteiger partial charge in [-0.2, -0.15) is 10.5 Å². The molecule has 3 rings (SSSR count).